The average molecular weight is 459 g/mol. The molecule has 0 aromatic heterocycles. The van der Waals surface area contributed by atoms with Crippen LogP contribution in [0, 0.1) is 29.1 Å². The van der Waals surface area contributed by atoms with E-state index in [9.17, 15) is 15.0 Å². The van der Waals surface area contributed by atoms with Crippen LogP contribution >= 0.6 is 0 Å². The van der Waals surface area contributed by atoms with Crippen LogP contribution in [-0.4, -0.2) is 35.0 Å². The summed E-state index contributed by atoms with van der Waals surface area (Å²) in [4.78, 5) is 11.8. The first-order valence-corrected chi connectivity index (χ1v) is 13.2. The Morgan fingerprint density at radius 2 is 1.94 bits per heavy atom. The molecule has 2 N–H and O–H groups in total. The van der Waals surface area contributed by atoms with Gasteiger partial charge in [0.2, 0.25) is 0 Å². The highest BCUT2D eigenvalue weighted by molar-refractivity contribution is 5.66. The SMILES string of the molecule is C=C1CC[C@H](O)C/C1=C/C=C1\CCC[C@]2(COC(C)=O)[C@@H]([C@H](C)CCC(O)C(C)C)CC[C@@H]12. The van der Waals surface area contributed by atoms with E-state index in [0.717, 1.165) is 63.4 Å². The lowest BCUT2D eigenvalue weighted by Gasteiger charge is -2.46. The lowest BCUT2D eigenvalue weighted by Crippen LogP contribution is -2.43. The van der Waals surface area contributed by atoms with Crippen LogP contribution in [0.25, 0.3) is 0 Å². The third-order valence-corrected chi connectivity index (χ3v) is 8.86. The Bertz CT molecular complexity index is 764. The maximum atomic E-state index is 11.8. The van der Waals surface area contributed by atoms with Crippen LogP contribution in [0.2, 0.25) is 0 Å². The first-order valence-electron chi connectivity index (χ1n) is 13.2. The summed E-state index contributed by atoms with van der Waals surface area (Å²) in [5.41, 5.74) is 3.81. The van der Waals surface area contributed by atoms with Crippen LogP contribution in [0.1, 0.15) is 91.9 Å². The molecule has 1 unspecified atom stereocenters. The molecular formula is C29H46O4. The Kier molecular flexibility index (Phi) is 9.02. The number of aliphatic hydroxyl groups is 2. The topological polar surface area (TPSA) is 66.8 Å². The van der Waals surface area contributed by atoms with Gasteiger partial charge in [-0.15, -0.1) is 0 Å². The number of aliphatic hydroxyl groups excluding tert-OH is 2. The second kappa shape index (κ2) is 11.4. The van der Waals surface area contributed by atoms with Gasteiger partial charge in [-0.25, -0.2) is 0 Å². The van der Waals surface area contributed by atoms with Crippen molar-refractivity contribution in [3.63, 3.8) is 0 Å². The normalized spacial score (nSPS) is 34.5. The lowest BCUT2D eigenvalue weighted by molar-refractivity contribution is -0.148. The molecule has 3 rings (SSSR count). The van der Waals surface area contributed by atoms with Gasteiger partial charge in [0.25, 0.3) is 0 Å². The van der Waals surface area contributed by atoms with Crippen LogP contribution in [0.4, 0.5) is 0 Å². The van der Waals surface area contributed by atoms with Crippen molar-refractivity contribution in [2.24, 2.45) is 29.1 Å². The Balaban J connectivity index is 1.83. The van der Waals surface area contributed by atoms with Gasteiger partial charge < -0.3 is 14.9 Å². The minimum absolute atomic E-state index is 0.000449. The van der Waals surface area contributed by atoms with Gasteiger partial charge in [-0.05, 0) is 93.5 Å². The van der Waals surface area contributed by atoms with Gasteiger partial charge in [-0.3, -0.25) is 4.79 Å². The highest BCUT2D eigenvalue weighted by atomic mass is 16.5. The molecule has 4 nitrogen and oxygen atoms in total. The van der Waals surface area contributed by atoms with Crippen LogP contribution < -0.4 is 0 Å². The van der Waals surface area contributed by atoms with Gasteiger partial charge in [0.05, 0.1) is 18.8 Å². The van der Waals surface area contributed by atoms with Crippen molar-refractivity contribution in [2.45, 2.75) is 104 Å². The van der Waals surface area contributed by atoms with Gasteiger partial charge in [0, 0.05) is 12.3 Å². The van der Waals surface area contributed by atoms with E-state index in [2.05, 4.69) is 39.5 Å². The van der Waals surface area contributed by atoms with Gasteiger partial charge >= 0.3 is 5.97 Å². The fraction of sp³-hybridized carbons (Fsp3) is 0.759. The van der Waals surface area contributed by atoms with Crippen molar-refractivity contribution in [1.29, 1.82) is 0 Å². The lowest BCUT2D eigenvalue weighted by atomic mass is 9.60. The summed E-state index contributed by atoms with van der Waals surface area (Å²) in [6, 6.07) is 0. The molecule has 33 heavy (non-hydrogen) atoms. The Morgan fingerprint density at radius 3 is 2.64 bits per heavy atom. The molecule has 3 saturated carbocycles. The fourth-order valence-electron chi connectivity index (χ4n) is 6.82. The van der Waals surface area contributed by atoms with Crippen molar-refractivity contribution < 1.29 is 19.7 Å². The third kappa shape index (κ3) is 6.19. The second-order valence-electron chi connectivity index (χ2n) is 11.4. The number of hydrogen-bond acceptors (Lipinski definition) is 4. The Hall–Kier alpha value is -1.39. The van der Waals surface area contributed by atoms with Crippen molar-refractivity contribution in [3.8, 4) is 0 Å². The highest BCUT2D eigenvalue weighted by Crippen LogP contribution is 2.60. The predicted molar refractivity (Wildman–Crippen MR) is 134 cm³/mol. The van der Waals surface area contributed by atoms with E-state index in [1.807, 2.05) is 0 Å². The summed E-state index contributed by atoms with van der Waals surface area (Å²) < 4.78 is 5.73. The molecule has 4 heteroatoms. The number of ether oxygens (including phenoxy) is 1. The maximum Gasteiger partial charge on any atom is 0.302 e. The van der Waals surface area contributed by atoms with E-state index in [1.54, 1.807) is 0 Å². The molecule has 0 aromatic carbocycles. The summed E-state index contributed by atoms with van der Waals surface area (Å²) >= 11 is 0. The zero-order chi connectivity index (χ0) is 24.2. The van der Waals surface area contributed by atoms with Crippen molar-refractivity contribution >= 4 is 5.97 Å². The van der Waals surface area contributed by atoms with Crippen LogP contribution in [0.15, 0.2) is 35.5 Å². The number of hydrogen-bond donors (Lipinski definition) is 2. The van der Waals surface area contributed by atoms with Crippen molar-refractivity contribution in [2.75, 3.05) is 6.61 Å². The molecule has 0 radical (unpaired) electrons. The third-order valence-electron chi connectivity index (χ3n) is 8.86. The molecule has 186 valence electrons. The van der Waals surface area contributed by atoms with Crippen LogP contribution in [0.3, 0.4) is 0 Å². The van der Waals surface area contributed by atoms with Crippen molar-refractivity contribution in [3.05, 3.63) is 35.5 Å². The molecule has 0 aliphatic heterocycles. The molecule has 0 spiro atoms. The number of allylic oxidation sites excluding steroid dienone is 4. The Labute approximate surface area is 201 Å². The Morgan fingerprint density at radius 1 is 1.18 bits per heavy atom. The first kappa shape index (κ1) is 26.2. The standard InChI is InChI=1S/C29H46O4/c1-19(2)28(32)15-9-21(4)26-13-14-27-23(7-6-16-29(26,27)18-33-22(5)30)10-11-24-17-25(31)12-8-20(24)3/h10-11,19,21,25-28,31-32H,3,6-9,12-18H2,1-2,4-5H3/b23-10+,24-11-/t21-,25+,26-,27+,28?,29+/m1/s1. The molecule has 0 bridgehead atoms. The number of esters is 1. The zero-order valence-electron chi connectivity index (χ0n) is 21.3. The molecule has 0 heterocycles. The molecule has 3 aliphatic rings. The van der Waals surface area contributed by atoms with Crippen molar-refractivity contribution in [1.82, 2.24) is 0 Å². The predicted octanol–water partition coefficient (Wildman–Crippen LogP) is 6.13. The number of fused-ring (bicyclic) bond motifs is 1. The summed E-state index contributed by atoms with van der Waals surface area (Å²) in [5, 5.41) is 20.5. The molecule has 0 saturated heterocycles. The van der Waals surface area contributed by atoms with Gasteiger partial charge in [-0.1, -0.05) is 50.6 Å². The summed E-state index contributed by atoms with van der Waals surface area (Å²) in [6.07, 6.45) is 13.9. The van der Waals surface area contributed by atoms with Gasteiger partial charge in [0.15, 0.2) is 0 Å². The molecule has 3 fully saturated rings. The number of carbonyl (C=O) groups excluding carboxylic acids is 1. The van der Waals surface area contributed by atoms with Gasteiger partial charge in [-0.2, -0.15) is 0 Å². The van der Waals surface area contributed by atoms with E-state index in [1.165, 1.54) is 18.1 Å². The van der Waals surface area contributed by atoms with Gasteiger partial charge in [0.1, 0.15) is 0 Å². The second-order valence-corrected chi connectivity index (χ2v) is 11.4. The number of carbonyl (C=O) groups is 1. The highest BCUT2D eigenvalue weighted by Gasteiger charge is 2.54. The maximum absolute atomic E-state index is 11.8. The fourth-order valence-corrected chi connectivity index (χ4v) is 6.82. The van der Waals surface area contributed by atoms with E-state index in [0.29, 0.717) is 30.8 Å². The zero-order valence-corrected chi connectivity index (χ0v) is 21.3. The van der Waals surface area contributed by atoms with Crippen LogP contribution in [0.5, 0.6) is 0 Å². The quantitative estimate of drug-likeness (QED) is 0.429. The number of rotatable bonds is 8. The van der Waals surface area contributed by atoms with E-state index >= 15 is 0 Å². The molecule has 0 aromatic rings. The molecule has 3 aliphatic carbocycles. The summed E-state index contributed by atoms with van der Waals surface area (Å²) in [5.74, 6) is 1.52. The van der Waals surface area contributed by atoms with E-state index < -0.39 is 0 Å². The minimum Gasteiger partial charge on any atom is -0.465 e. The molecular weight excluding hydrogens is 412 g/mol. The summed E-state index contributed by atoms with van der Waals surface area (Å²) in [6.45, 7) is 12.7. The molecule has 6 atom stereocenters. The van der Waals surface area contributed by atoms with E-state index in [-0.39, 0.29) is 29.5 Å². The van der Waals surface area contributed by atoms with E-state index in [4.69, 9.17) is 4.74 Å². The summed E-state index contributed by atoms with van der Waals surface area (Å²) in [7, 11) is 0. The smallest absolute Gasteiger partial charge is 0.302 e. The molecule has 0 amide bonds. The minimum atomic E-state index is -0.257. The average Bonchev–Trinajstić information content (AvgIpc) is 3.16. The largest absolute Gasteiger partial charge is 0.465 e. The monoisotopic (exact) mass is 458 g/mol. The first-order chi connectivity index (χ1) is 15.6. The van der Waals surface area contributed by atoms with Crippen LogP contribution in [-0.2, 0) is 9.53 Å².